The molecule has 1 atom stereocenters. The summed E-state index contributed by atoms with van der Waals surface area (Å²) in [5.74, 6) is 6.84. The van der Waals surface area contributed by atoms with Gasteiger partial charge in [-0.15, -0.1) is 5.92 Å². The molecule has 0 radical (unpaired) electrons. The van der Waals surface area contributed by atoms with Crippen molar-refractivity contribution in [1.29, 1.82) is 0 Å². The maximum absolute atomic E-state index is 12.4. The number of unbranched alkanes of at least 4 members (excludes halogenated alkanes) is 13. The third-order valence-corrected chi connectivity index (χ3v) is 10.1. The van der Waals surface area contributed by atoms with Gasteiger partial charge >= 0.3 is 0 Å². The molecule has 0 bridgehead atoms. The second-order valence-electron chi connectivity index (χ2n) is 11.8. The normalized spacial score (nSPS) is 12.0. The van der Waals surface area contributed by atoms with Crippen molar-refractivity contribution in [2.75, 3.05) is 6.61 Å². The van der Waals surface area contributed by atoms with E-state index in [0.717, 1.165) is 42.7 Å². The van der Waals surface area contributed by atoms with Gasteiger partial charge in [-0.05, 0) is 60.4 Å². The Kier molecular flexibility index (Phi) is 17.4. The van der Waals surface area contributed by atoms with Gasteiger partial charge in [-0.25, -0.2) is 8.42 Å². The summed E-state index contributed by atoms with van der Waals surface area (Å²) < 4.78 is 43.0. The number of rotatable bonds is 21. The summed E-state index contributed by atoms with van der Waals surface area (Å²) >= 11 is 1.22. The minimum Gasteiger partial charge on any atom is -0.744 e. The van der Waals surface area contributed by atoms with Gasteiger partial charge in [0, 0.05) is 21.8 Å². The van der Waals surface area contributed by atoms with E-state index in [-0.39, 0.29) is 4.90 Å². The van der Waals surface area contributed by atoms with E-state index in [9.17, 15) is 18.1 Å². The first-order valence-corrected chi connectivity index (χ1v) is 19.3. The summed E-state index contributed by atoms with van der Waals surface area (Å²) in [5, 5.41) is 10.9. The molecule has 0 amide bonds. The van der Waals surface area contributed by atoms with Gasteiger partial charge in [0.05, 0.1) is 11.5 Å². The van der Waals surface area contributed by atoms with E-state index in [1.807, 2.05) is 42.5 Å². The summed E-state index contributed by atoms with van der Waals surface area (Å²) in [6.45, 7) is 5.10. The number of benzene rings is 3. The van der Waals surface area contributed by atoms with E-state index in [2.05, 4.69) is 25.7 Å². The minimum atomic E-state index is -4.77. The molecule has 3 rings (SSSR count). The second-order valence-corrected chi connectivity index (χ2v) is 14.3. The van der Waals surface area contributed by atoms with Crippen LogP contribution in [0.15, 0.2) is 81.4 Å². The van der Waals surface area contributed by atoms with Gasteiger partial charge in [-0.1, -0.05) is 139 Å². The Bertz CT molecular complexity index is 1470. The lowest BCUT2D eigenvalue weighted by molar-refractivity contribution is 0.239. The molecule has 1 unspecified atom stereocenters. The maximum Gasteiger partial charge on any atom is 0.140 e. The fourth-order valence-electron chi connectivity index (χ4n) is 5.35. The molecule has 0 aliphatic heterocycles. The van der Waals surface area contributed by atoms with Crippen LogP contribution in [-0.2, 0) is 10.1 Å². The predicted molar refractivity (Wildman–Crippen MR) is 189 cm³/mol. The van der Waals surface area contributed by atoms with Gasteiger partial charge in [-0.2, -0.15) is 0 Å². The van der Waals surface area contributed by atoms with Crippen LogP contribution in [0.3, 0.4) is 0 Å². The molecule has 0 spiro atoms. The molecule has 0 aliphatic rings. The largest absolute Gasteiger partial charge is 0.744 e. The van der Waals surface area contributed by atoms with Gasteiger partial charge < -0.3 is 14.4 Å². The van der Waals surface area contributed by atoms with Crippen molar-refractivity contribution in [3.63, 3.8) is 0 Å². The molecule has 0 fully saturated rings. The van der Waals surface area contributed by atoms with Crippen LogP contribution < -0.4 is 4.74 Å². The third-order valence-electron chi connectivity index (χ3n) is 7.99. The lowest BCUT2D eigenvalue weighted by atomic mass is 9.96. The van der Waals surface area contributed by atoms with Gasteiger partial charge in [0.25, 0.3) is 0 Å². The van der Waals surface area contributed by atoms with Crippen LogP contribution >= 0.6 is 11.8 Å². The monoisotopic (exact) mass is 663 g/mol. The summed E-state index contributed by atoms with van der Waals surface area (Å²) in [6.07, 6.45) is 16.7. The smallest absolute Gasteiger partial charge is 0.140 e. The standard InChI is InChI=1S/C39H52O5S2/c1-3-5-7-9-11-12-13-14-15-17-23-37(40)36-22-19-18-21-35(36)32-24-29-38(39(31-32)46(41,42)43)45-34-27-25-33(26-28-34)44-30-20-16-10-8-6-4-2/h18-19,21-22,24-29,31,37,40H,3-16,20,30H2,1-2H3,(H,41,42,43)/p-1. The van der Waals surface area contributed by atoms with Crippen LogP contribution in [0.4, 0.5) is 0 Å². The molecular formula is C39H51O5S2-. The van der Waals surface area contributed by atoms with Crippen molar-refractivity contribution in [2.45, 2.75) is 131 Å². The van der Waals surface area contributed by atoms with Crippen molar-refractivity contribution in [3.8, 4) is 28.7 Å². The predicted octanol–water partition coefficient (Wildman–Crippen LogP) is 10.7. The number of hydrogen-bond donors (Lipinski definition) is 1. The Morgan fingerprint density at radius 1 is 0.783 bits per heavy atom. The lowest BCUT2D eigenvalue weighted by Gasteiger charge is -2.17. The number of ether oxygens (including phenoxy) is 1. The van der Waals surface area contributed by atoms with Crippen LogP contribution in [0.2, 0.25) is 0 Å². The molecule has 3 aromatic rings. The van der Waals surface area contributed by atoms with Gasteiger partial charge in [0.1, 0.15) is 22.0 Å². The van der Waals surface area contributed by atoms with E-state index < -0.39 is 16.2 Å². The van der Waals surface area contributed by atoms with Crippen LogP contribution in [0.25, 0.3) is 11.1 Å². The van der Waals surface area contributed by atoms with Gasteiger partial charge in [0.2, 0.25) is 0 Å². The van der Waals surface area contributed by atoms with E-state index in [0.29, 0.717) is 28.2 Å². The van der Waals surface area contributed by atoms with Crippen LogP contribution in [-0.4, -0.2) is 24.7 Å². The fraction of sp³-hybridized carbons (Fsp3) is 0.487. The molecule has 1 N–H and O–H groups in total. The van der Waals surface area contributed by atoms with E-state index in [1.165, 1.54) is 82.0 Å². The highest BCUT2D eigenvalue weighted by Crippen LogP contribution is 2.37. The maximum atomic E-state index is 12.4. The molecule has 0 heterocycles. The molecule has 250 valence electrons. The van der Waals surface area contributed by atoms with Crippen LogP contribution in [0.1, 0.15) is 122 Å². The number of hydrogen-bond acceptors (Lipinski definition) is 6. The zero-order valence-electron chi connectivity index (χ0n) is 27.6. The Morgan fingerprint density at radius 3 is 2.04 bits per heavy atom. The van der Waals surface area contributed by atoms with Crippen LogP contribution in [0.5, 0.6) is 5.75 Å². The molecule has 0 saturated carbocycles. The molecule has 7 heteroatoms. The zero-order valence-corrected chi connectivity index (χ0v) is 29.3. The highest BCUT2D eigenvalue weighted by Gasteiger charge is 2.16. The Labute approximate surface area is 282 Å². The quantitative estimate of drug-likeness (QED) is 0.0693. The summed E-state index contributed by atoms with van der Waals surface area (Å²) in [5.41, 5.74) is 1.76. The SMILES string of the molecule is CCCCCCCCCCC#CC(O)c1ccccc1-c1ccc(Sc2ccc(OCCCCCCCC)cc2)c(S(=O)(=O)[O-])c1. The minimum absolute atomic E-state index is 0.288. The summed E-state index contributed by atoms with van der Waals surface area (Å²) in [7, 11) is -4.77. The molecule has 0 aromatic heterocycles. The van der Waals surface area contributed by atoms with Gasteiger partial charge in [0.15, 0.2) is 0 Å². The fourth-order valence-corrected chi connectivity index (χ4v) is 7.19. The Balaban J connectivity index is 1.63. The van der Waals surface area contributed by atoms with Crippen molar-refractivity contribution in [2.24, 2.45) is 0 Å². The van der Waals surface area contributed by atoms with E-state index >= 15 is 0 Å². The Hall–Kier alpha value is -2.76. The highest BCUT2D eigenvalue weighted by molar-refractivity contribution is 8.00. The van der Waals surface area contributed by atoms with E-state index in [4.69, 9.17) is 4.74 Å². The highest BCUT2D eigenvalue weighted by atomic mass is 32.2. The number of aliphatic hydroxyl groups is 1. The lowest BCUT2D eigenvalue weighted by Crippen LogP contribution is -2.02. The average molecular weight is 664 g/mol. The Morgan fingerprint density at radius 2 is 1.39 bits per heavy atom. The first-order chi connectivity index (χ1) is 22.3. The summed E-state index contributed by atoms with van der Waals surface area (Å²) in [4.78, 5) is 0.860. The van der Waals surface area contributed by atoms with Crippen molar-refractivity contribution in [1.82, 2.24) is 0 Å². The topological polar surface area (TPSA) is 86.7 Å². The third kappa shape index (κ3) is 13.5. The first kappa shape index (κ1) is 37.7. The molecule has 0 saturated heterocycles. The summed E-state index contributed by atoms with van der Waals surface area (Å²) in [6, 6.07) is 19.6. The van der Waals surface area contributed by atoms with Crippen molar-refractivity contribution in [3.05, 3.63) is 72.3 Å². The molecule has 46 heavy (non-hydrogen) atoms. The average Bonchev–Trinajstić information content (AvgIpc) is 3.05. The van der Waals surface area contributed by atoms with E-state index in [1.54, 1.807) is 18.2 Å². The van der Waals surface area contributed by atoms with Crippen molar-refractivity contribution >= 4 is 21.9 Å². The molecule has 5 nitrogen and oxygen atoms in total. The molecule has 3 aromatic carbocycles. The molecular weight excluding hydrogens is 613 g/mol. The van der Waals surface area contributed by atoms with Gasteiger partial charge in [-0.3, -0.25) is 0 Å². The zero-order chi connectivity index (χ0) is 33.0. The van der Waals surface area contributed by atoms with Crippen molar-refractivity contribution < 1.29 is 22.8 Å². The first-order valence-electron chi connectivity index (χ1n) is 17.1. The second kappa shape index (κ2) is 21.2. The number of aliphatic hydroxyl groups excluding tert-OH is 1. The van der Waals surface area contributed by atoms with Crippen LogP contribution in [0, 0.1) is 11.8 Å². The molecule has 0 aliphatic carbocycles.